The van der Waals surface area contributed by atoms with Crippen LogP contribution in [0.15, 0.2) is 59.5 Å². The van der Waals surface area contributed by atoms with E-state index in [-0.39, 0.29) is 11.5 Å². The molecule has 2 aromatic carbocycles. The number of nitrogens with zero attached hydrogens (tertiary/aromatic N) is 3. The van der Waals surface area contributed by atoms with E-state index in [1.165, 1.54) is 4.31 Å². The number of hydrogen-bond acceptors (Lipinski definition) is 6. The quantitative estimate of drug-likeness (QED) is 0.518. The summed E-state index contributed by atoms with van der Waals surface area (Å²) in [7, 11) is -3.61. The molecule has 0 bridgehead atoms. The third kappa shape index (κ3) is 4.31. The van der Waals surface area contributed by atoms with Crippen LogP contribution < -0.4 is 0 Å². The SMILES string of the molecule is O=C(OCc1cccc(S(=O)(=O)N2CCOCC2)c1)c1nn(-c2ccccc2)c2c1CCC2. The third-order valence-electron chi connectivity index (χ3n) is 6.00. The summed E-state index contributed by atoms with van der Waals surface area (Å²) in [6, 6.07) is 16.3. The monoisotopic (exact) mass is 467 g/mol. The minimum Gasteiger partial charge on any atom is -0.456 e. The van der Waals surface area contributed by atoms with Gasteiger partial charge in [-0.1, -0.05) is 30.3 Å². The zero-order chi connectivity index (χ0) is 22.8. The predicted octanol–water partition coefficient (Wildman–Crippen LogP) is 2.74. The number of morpholine rings is 1. The molecule has 1 fully saturated rings. The van der Waals surface area contributed by atoms with Gasteiger partial charge in [0.2, 0.25) is 10.0 Å². The van der Waals surface area contributed by atoms with E-state index >= 15 is 0 Å². The summed E-state index contributed by atoms with van der Waals surface area (Å²) in [6.07, 6.45) is 2.63. The van der Waals surface area contributed by atoms with Gasteiger partial charge in [-0.05, 0) is 49.1 Å². The number of aromatic nitrogens is 2. The number of ether oxygens (including phenoxy) is 2. The lowest BCUT2D eigenvalue weighted by Gasteiger charge is -2.26. The molecule has 8 nitrogen and oxygen atoms in total. The molecule has 5 rings (SSSR count). The fourth-order valence-corrected chi connectivity index (χ4v) is 5.81. The molecule has 0 radical (unpaired) electrons. The molecule has 0 amide bonds. The first-order valence-electron chi connectivity index (χ1n) is 11.0. The van der Waals surface area contributed by atoms with Crippen molar-refractivity contribution in [2.24, 2.45) is 0 Å². The van der Waals surface area contributed by atoms with Gasteiger partial charge in [-0.25, -0.2) is 17.9 Å². The first-order chi connectivity index (χ1) is 16.0. The number of benzene rings is 2. The van der Waals surface area contributed by atoms with E-state index in [4.69, 9.17) is 9.47 Å². The van der Waals surface area contributed by atoms with E-state index in [0.29, 0.717) is 37.6 Å². The summed E-state index contributed by atoms with van der Waals surface area (Å²) in [5.74, 6) is -0.496. The molecule has 0 saturated carbocycles. The molecule has 1 aliphatic carbocycles. The maximum absolute atomic E-state index is 12.9. The minimum absolute atomic E-state index is 0.0295. The van der Waals surface area contributed by atoms with E-state index in [1.807, 2.05) is 35.0 Å². The van der Waals surface area contributed by atoms with Crippen LogP contribution in [0.4, 0.5) is 0 Å². The highest BCUT2D eigenvalue weighted by Crippen LogP contribution is 2.28. The van der Waals surface area contributed by atoms with Crippen molar-refractivity contribution < 1.29 is 22.7 Å². The highest BCUT2D eigenvalue weighted by molar-refractivity contribution is 7.89. The second-order valence-corrected chi connectivity index (χ2v) is 10.1. The first-order valence-corrected chi connectivity index (χ1v) is 12.5. The lowest BCUT2D eigenvalue weighted by molar-refractivity contribution is 0.0463. The van der Waals surface area contributed by atoms with Crippen molar-refractivity contribution in [2.45, 2.75) is 30.8 Å². The fourth-order valence-electron chi connectivity index (χ4n) is 4.33. The molecule has 2 aliphatic rings. The number of para-hydroxylation sites is 1. The second-order valence-electron chi connectivity index (χ2n) is 8.11. The maximum atomic E-state index is 12.9. The Morgan fingerprint density at radius 1 is 1.03 bits per heavy atom. The third-order valence-corrected chi connectivity index (χ3v) is 7.90. The van der Waals surface area contributed by atoms with Crippen LogP contribution in [0, 0.1) is 0 Å². The van der Waals surface area contributed by atoms with Crippen LogP contribution in [0.5, 0.6) is 0 Å². The molecule has 0 atom stereocenters. The summed E-state index contributed by atoms with van der Waals surface area (Å²) in [5.41, 5.74) is 3.84. The molecule has 1 aromatic heterocycles. The standard InChI is InChI=1S/C24H25N3O5S/c28-24(23-21-10-5-11-22(21)27(25-23)19-7-2-1-3-8-19)32-17-18-6-4-9-20(16-18)33(29,30)26-12-14-31-15-13-26/h1-4,6-9,16H,5,10-15,17H2. The molecule has 172 valence electrons. The molecular weight excluding hydrogens is 442 g/mol. The zero-order valence-corrected chi connectivity index (χ0v) is 19.0. The van der Waals surface area contributed by atoms with Crippen LogP contribution >= 0.6 is 0 Å². The number of fused-ring (bicyclic) bond motifs is 1. The van der Waals surface area contributed by atoms with Crippen molar-refractivity contribution in [3.8, 4) is 5.69 Å². The van der Waals surface area contributed by atoms with Crippen molar-refractivity contribution in [3.05, 3.63) is 77.1 Å². The molecule has 3 aromatic rings. The first kappa shape index (κ1) is 21.8. The van der Waals surface area contributed by atoms with Crippen molar-refractivity contribution in [3.63, 3.8) is 0 Å². The highest BCUT2D eigenvalue weighted by atomic mass is 32.2. The van der Waals surface area contributed by atoms with Gasteiger partial charge >= 0.3 is 5.97 Å². The maximum Gasteiger partial charge on any atom is 0.359 e. The van der Waals surface area contributed by atoms with Gasteiger partial charge in [-0.3, -0.25) is 0 Å². The molecular formula is C24H25N3O5S. The van der Waals surface area contributed by atoms with E-state index in [0.717, 1.165) is 36.2 Å². The Morgan fingerprint density at radius 2 is 1.82 bits per heavy atom. The average Bonchev–Trinajstić information content (AvgIpc) is 3.47. The van der Waals surface area contributed by atoms with E-state index in [1.54, 1.807) is 24.3 Å². The molecule has 1 saturated heterocycles. The Hall–Kier alpha value is -3.01. The fraction of sp³-hybridized carbons (Fsp3) is 0.333. The number of carbonyl (C=O) groups is 1. The molecule has 0 N–H and O–H groups in total. The highest BCUT2D eigenvalue weighted by Gasteiger charge is 2.29. The summed E-state index contributed by atoms with van der Waals surface area (Å²) < 4.78 is 39.9. The second kappa shape index (κ2) is 9.09. The van der Waals surface area contributed by atoms with Crippen molar-refractivity contribution >= 4 is 16.0 Å². The van der Waals surface area contributed by atoms with E-state index in [9.17, 15) is 13.2 Å². The lowest BCUT2D eigenvalue weighted by atomic mass is 10.2. The van der Waals surface area contributed by atoms with Crippen LogP contribution in [0.1, 0.15) is 33.7 Å². The number of carbonyl (C=O) groups excluding carboxylic acids is 1. The lowest BCUT2D eigenvalue weighted by Crippen LogP contribution is -2.40. The van der Waals surface area contributed by atoms with Crippen LogP contribution in [-0.2, 0) is 38.9 Å². The normalized spacial score (nSPS) is 16.5. The predicted molar refractivity (Wildman–Crippen MR) is 121 cm³/mol. The van der Waals surface area contributed by atoms with Gasteiger partial charge in [-0.15, -0.1) is 0 Å². The van der Waals surface area contributed by atoms with Crippen LogP contribution in [0.2, 0.25) is 0 Å². The minimum atomic E-state index is -3.61. The Morgan fingerprint density at radius 3 is 2.61 bits per heavy atom. The molecule has 9 heteroatoms. The van der Waals surface area contributed by atoms with Gasteiger partial charge in [0.15, 0.2) is 5.69 Å². The Bertz CT molecular complexity index is 1260. The summed E-state index contributed by atoms with van der Waals surface area (Å²) in [5, 5.41) is 4.56. The van der Waals surface area contributed by atoms with Gasteiger partial charge in [0, 0.05) is 24.3 Å². The van der Waals surface area contributed by atoms with Crippen molar-refractivity contribution in [1.29, 1.82) is 0 Å². The summed E-state index contributed by atoms with van der Waals surface area (Å²) in [6.45, 7) is 1.40. The topological polar surface area (TPSA) is 90.7 Å². The molecule has 2 heterocycles. The Kier molecular flexibility index (Phi) is 6.01. The Labute approximate surface area is 192 Å². The smallest absolute Gasteiger partial charge is 0.359 e. The molecule has 1 aliphatic heterocycles. The van der Waals surface area contributed by atoms with Crippen molar-refractivity contribution in [2.75, 3.05) is 26.3 Å². The number of esters is 1. The summed E-state index contributed by atoms with van der Waals surface area (Å²) in [4.78, 5) is 13.1. The van der Waals surface area contributed by atoms with E-state index in [2.05, 4.69) is 5.10 Å². The van der Waals surface area contributed by atoms with Crippen LogP contribution in [-0.4, -0.2) is 54.8 Å². The zero-order valence-electron chi connectivity index (χ0n) is 18.1. The Balaban J connectivity index is 1.33. The molecule has 33 heavy (non-hydrogen) atoms. The number of rotatable bonds is 6. The van der Waals surface area contributed by atoms with Gasteiger partial charge in [0.25, 0.3) is 0 Å². The van der Waals surface area contributed by atoms with E-state index < -0.39 is 16.0 Å². The van der Waals surface area contributed by atoms with Gasteiger partial charge in [-0.2, -0.15) is 9.40 Å². The largest absolute Gasteiger partial charge is 0.456 e. The average molecular weight is 468 g/mol. The van der Waals surface area contributed by atoms with Crippen LogP contribution in [0.3, 0.4) is 0 Å². The number of sulfonamides is 1. The molecule has 0 unspecified atom stereocenters. The van der Waals surface area contributed by atoms with Gasteiger partial charge in [0.1, 0.15) is 6.61 Å². The number of hydrogen-bond donors (Lipinski definition) is 0. The van der Waals surface area contributed by atoms with Crippen molar-refractivity contribution in [1.82, 2.24) is 14.1 Å². The van der Waals surface area contributed by atoms with Gasteiger partial charge < -0.3 is 9.47 Å². The van der Waals surface area contributed by atoms with Gasteiger partial charge in [0.05, 0.1) is 23.8 Å². The molecule has 0 spiro atoms. The van der Waals surface area contributed by atoms with Crippen LogP contribution in [0.25, 0.3) is 5.69 Å². The summed E-state index contributed by atoms with van der Waals surface area (Å²) >= 11 is 0.